The van der Waals surface area contributed by atoms with Gasteiger partial charge in [0.15, 0.2) is 0 Å². The molecule has 0 fully saturated rings. The van der Waals surface area contributed by atoms with Crippen molar-refractivity contribution < 1.29 is 4.74 Å². The number of nitrogens with one attached hydrogen (secondary N) is 1. The molecule has 0 unspecified atom stereocenters. The number of nitriles is 1. The minimum Gasteiger partial charge on any atom is -0.420 e. The molecule has 1 aliphatic rings. The highest BCUT2D eigenvalue weighted by atomic mass is 35.5. The lowest BCUT2D eigenvalue weighted by atomic mass is 9.84. The number of H-pyrrole nitrogens is 1. The number of aryl methyl sites for hydroxylation is 1. The van der Waals surface area contributed by atoms with E-state index in [4.69, 9.17) is 22.1 Å². The van der Waals surface area contributed by atoms with Gasteiger partial charge in [0.1, 0.15) is 16.8 Å². The van der Waals surface area contributed by atoms with Crippen molar-refractivity contribution >= 4 is 34.3 Å². The fraction of sp³-hybridized carbons (Fsp3) is 0.125. The molecule has 0 aliphatic carbocycles. The van der Waals surface area contributed by atoms with Crippen molar-refractivity contribution in [1.82, 2.24) is 15.2 Å². The highest BCUT2D eigenvalue weighted by Gasteiger charge is 2.36. The minimum atomic E-state index is -0.527. The lowest BCUT2D eigenvalue weighted by Crippen LogP contribution is -2.21. The third-order valence-corrected chi connectivity index (χ3v) is 6.78. The molecule has 0 spiro atoms. The van der Waals surface area contributed by atoms with Crippen LogP contribution in [0.25, 0.3) is 10.9 Å². The smallest absolute Gasteiger partial charge is 0.244 e. The molecule has 1 atom stereocenters. The molecule has 0 bridgehead atoms. The Hall–Kier alpha value is -3.47. The van der Waals surface area contributed by atoms with Gasteiger partial charge in [0.2, 0.25) is 11.8 Å². The molecule has 8 heteroatoms. The van der Waals surface area contributed by atoms with Crippen LogP contribution in [0.5, 0.6) is 5.88 Å². The van der Waals surface area contributed by atoms with Gasteiger partial charge in [0.25, 0.3) is 0 Å². The Morgan fingerprint density at radius 3 is 2.78 bits per heavy atom. The van der Waals surface area contributed by atoms with Gasteiger partial charge in [0, 0.05) is 21.6 Å². The van der Waals surface area contributed by atoms with Crippen molar-refractivity contribution in [2.45, 2.75) is 23.5 Å². The molecule has 2 aromatic carbocycles. The minimum absolute atomic E-state index is 0.0264. The van der Waals surface area contributed by atoms with Crippen LogP contribution in [0, 0.1) is 18.3 Å². The van der Waals surface area contributed by atoms with Crippen molar-refractivity contribution in [3.63, 3.8) is 0 Å². The van der Waals surface area contributed by atoms with Crippen molar-refractivity contribution in [1.29, 1.82) is 5.26 Å². The number of thioether (sulfide) groups is 1. The van der Waals surface area contributed by atoms with E-state index >= 15 is 0 Å². The summed E-state index contributed by atoms with van der Waals surface area (Å²) in [4.78, 5) is 5.68. The van der Waals surface area contributed by atoms with Crippen LogP contribution >= 0.6 is 23.4 Å². The van der Waals surface area contributed by atoms with Gasteiger partial charge in [-0.25, -0.2) is 4.98 Å². The van der Waals surface area contributed by atoms with Gasteiger partial charge in [-0.05, 0) is 31.2 Å². The van der Waals surface area contributed by atoms with Crippen LogP contribution in [0.2, 0.25) is 5.15 Å². The number of aromatic nitrogens is 3. The fourth-order valence-electron chi connectivity index (χ4n) is 3.83. The van der Waals surface area contributed by atoms with Crippen molar-refractivity contribution in [2.75, 3.05) is 0 Å². The number of nitrogens with two attached hydrogens (primary N) is 1. The highest BCUT2D eigenvalue weighted by Crippen LogP contribution is 2.46. The van der Waals surface area contributed by atoms with E-state index in [1.807, 2.05) is 30.3 Å². The largest absolute Gasteiger partial charge is 0.420 e. The maximum atomic E-state index is 9.92. The van der Waals surface area contributed by atoms with Gasteiger partial charge in [-0.1, -0.05) is 47.5 Å². The van der Waals surface area contributed by atoms with Gasteiger partial charge >= 0.3 is 0 Å². The Bertz CT molecular complexity index is 1400. The maximum Gasteiger partial charge on any atom is 0.244 e. The molecule has 0 saturated carbocycles. The summed E-state index contributed by atoms with van der Waals surface area (Å²) in [6, 6.07) is 20.2. The number of benzene rings is 2. The Morgan fingerprint density at radius 1 is 1.22 bits per heavy atom. The first-order chi connectivity index (χ1) is 15.5. The third kappa shape index (κ3) is 3.58. The lowest BCUT2D eigenvalue weighted by Gasteiger charge is -2.24. The molecule has 158 valence electrons. The number of pyridine rings is 1. The molecule has 1 aliphatic heterocycles. The molecule has 2 aromatic heterocycles. The van der Waals surface area contributed by atoms with Crippen LogP contribution in [0.15, 0.2) is 70.9 Å². The van der Waals surface area contributed by atoms with Gasteiger partial charge < -0.3 is 10.5 Å². The van der Waals surface area contributed by atoms with E-state index in [0.29, 0.717) is 27.9 Å². The van der Waals surface area contributed by atoms with E-state index in [2.05, 4.69) is 52.4 Å². The van der Waals surface area contributed by atoms with Crippen molar-refractivity contribution in [3.05, 3.63) is 93.6 Å². The first-order valence-corrected chi connectivity index (χ1v) is 11.3. The number of allylic oxidation sites excluding steroid dienone is 1. The molecular weight excluding hydrogens is 442 g/mol. The lowest BCUT2D eigenvalue weighted by molar-refractivity contribution is 0.378. The Labute approximate surface area is 194 Å². The summed E-state index contributed by atoms with van der Waals surface area (Å²) in [6.07, 6.45) is 0. The Balaban J connectivity index is 1.60. The van der Waals surface area contributed by atoms with E-state index in [9.17, 15) is 5.26 Å². The van der Waals surface area contributed by atoms with Crippen LogP contribution < -0.4 is 10.5 Å². The monoisotopic (exact) mass is 459 g/mol. The average Bonchev–Trinajstić information content (AvgIpc) is 3.19. The topological polar surface area (TPSA) is 101 Å². The van der Waals surface area contributed by atoms with Crippen LogP contribution in [0.3, 0.4) is 0 Å². The van der Waals surface area contributed by atoms with E-state index in [-0.39, 0.29) is 5.88 Å². The molecule has 5 rings (SSSR count). The Kier molecular flexibility index (Phi) is 5.25. The number of ether oxygens (including phenoxy) is 1. The predicted molar refractivity (Wildman–Crippen MR) is 125 cm³/mol. The summed E-state index contributed by atoms with van der Waals surface area (Å²) in [7, 11) is 0. The third-order valence-electron chi connectivity index (χ3n) is 5.44. The summed E-state index contributed by atoms with van der Waals surface area (Å²) in [5.74, 6) is 0.470. The fourth-order valence-corrected chi connectivity index (χ4v) is 4.95. The van der Waals surface area contributed by atoms with Gasteiger partial charge in [-0.3, -0.25) is 5.10 Å². The van der Waals surface area contributed by atoms with Gasteiger partial charge in [-0.15, -0.1) is 16.9 Å². The van der Waals surface area contributed by atoms with Crippen LogP contribution in [-0.4, -0.2) is 15.2 Å². The number of para-hydroxylation sites is 1. The van der Waals surface area contributed by atoms with Crippen LogP contribution in [-0.2, 0) is 5.75 Å². The second kappa shape index (κ2) is 8.23. The molecule has 6 nitrogen and oxygen atoms in total. The number of hydrogen-bond acceptors (Lipinski definition) is 6. The first kappa shape index (κ1) is 20.4. The molecular formula is C24H18ClN5OS. The molecule has 3 heterocycles. The van der Waals surface area contributed by atoms with E-state index in [1.54, 1.807) is 11.8 Å². The maximum absolute atomic E-state index is 9.92. The molecule has 32 heavy (non-hydrogen) atoms. The SMILES string of the molecule is Cc1ccc(SCc2[nH]nc3c2[C@@H](c2cc4ccccc4nc2Cl)C(C#N)=C(N)O3)cc1. The number of aromatic amines is 1. The first-order valence-electron chi connectivity index (χ1n) is 9.94. The normalized spacial score (nSPS) is 15.3. The molecule has 0 radical (unpaired) electrons. The number of hydrogen-bond donors (Lipinski definition) is 2. The standard InChI is InChI=1S/C24H18ClN5OS/c1-13-6-8-15(9-7-13)32-12-19-21-20(17(11-26)23(27)31-24(21)30-29-19)16-10-14-4-2-3-5-18(14)28-22(16)25/h2-10,20H,12,27H2,1H3,(H,29,30)/t20-/m0/s1. The number of nitrogens with zero attached hydrogens (tertiary/aromatic N) is 3. The average molecular weight is 460 g/mol. The van der Waals surface area contributed by atoms with Gasteiger partial charge in [-0.2, -0.15) is 5.26 Å². The van der Waals surface area contributed by atoms with Crippen molar-refractivity contribution in [2.24, 2.45) is 5.73 Å². The highest BCUT2D eigenvalue weighted by molar-refractivity contribution is 7.98. The molecule has 3 N–H and O–H groups in total. The summed E-state index contributed by atoms with van der Waals surface area (Å²) in [6.45, 7) is 2.06. The predicted octanol–water partition coefficient (Wildman–Crippen LogP) is 5.43. The second-order valence-electron chi connectivity index (χ2n) is 7.51. The zero-order chi connectivity index (χ0) is 22.2. The molecule has 0 amide bonds. The van der Waals surface area contributed by atoms with Crippen molar-refractivity contribution in [3.8, 4) is 11.9 Å². The quantitative estimate of drug-likeness (QED) is 0.311. The zero-order valence-electron chi connectivity index (χ0n) is 17.1. The Morgan fingerprint density at radius 2 is 2.00 bits per heavy atom. The van der Waals surface area contributed by atoms with E-state index in [1.165, 1.54) is 5.56 Å². The summed E-state index contributed by atoms with van der Waals surface area (Å²) < 4.78 is 5.68. The summed E-state index contributed by atoms with van der Waals surface area (Å²) in [5.41, 5.74) is 10.7. The zero-order valence-corrected chi connectivity index (χ0v) is 18.7. The van der Waals surface area contributed by atoms with E-state index < -0.39 is 5.92 Å². The molecule has 4 aromatic rings. The van der Waals surface area contributed by atoms with Crippen LogP contribution in [0.4, 0.5) is 0 Å². The van der Waals surface area contributed by atoms with Gasteiger partial charge in [0.05, 0.1) is 22.7 Å². The van der Waals surface area contributed by atoms with Crippen LogP contribution in [0.1, 0.15) is 28.3 Å². The second-order valence-corrected chi connectivity index (χ2v) is 8.92. The number of rotatable bonds is 4. The van der Waals surface area contributed by atoms with E-state index in [0.717, 1.165) is 27.1 Å². The summed E-state index contributed by atoms with van der Waals surface area (Å²) >= 11 is 8.29. The number of halogens is 1. The molecule has 0 saturated heterocycles. The number of fused-ring (bicyclic) bond motifs is 2. The summed E-state index contributed by atoms with van der Waals surface area (Å²) in [5, 5.41) is 18.6.